The van der Waals surface area contributed by atoms with Crippen LogP contribution in [0.3, 0.4) is 0 Å². The molecule has 0 amide bonds. The summed E-state index contributed by atoms with van der Waals surface area (Å²) in [5, 5.41) is 9.05. The lowest BCUT2D eigenvalue weighted by Crippen LogP contribution is -2.15. The number of nitrogen functional groups attached to an aromatic ring is 1. The number of benzene rings is 2. The number of nitrogens with two attached hydrogens (primary N) is 1. The number of carboxylic acid groups (broad SMARTS) is 1. The van der Waals surface area contributed by atoms with Crippen molar-refractivity contribution >= 4 is 11.7 Å². The Morgan fingerprint density at radius 1 is 1.05 bits per heavy atom. The van der Waals surface area contributed by atoms with Crippen molar-refractivity contribution in [3.05, 3.63) is 42.0 Å². The highest BCUT2D eigenvalue weighted by molar-refractivity contribution is 5.92. The van der Waals surface area contributed by atoms with Crippen LogP contribution < -0.4 is 15.2 Å². The Balaban J connectivity index is 2.08. The van der Waals surface area contributed by atoms with Gasteiger partial charge in [0.15, 0.2) is 11.5 Å². The van der Waals surface area contributed by atoms with Crippen molar-refractivity contribution in [3.8, 4) is 22.6 Å². The Hall–Kier alpha value is -2.69. The van der Waals surface area contributed by atoms with Crippen LogP contribution in [0.2, 0.25) is 0 Å². The first-order valence-corrected chi connectivity index (χ1v) is 6.18. The second-order valence-electron chi connectivity index (χ2n) is 4.47. The number of carbonyl (C=O) groups is 1. The highest BCUT2D eigenvalue weighted by Gasteiger charge is 2.14. The molecule has 0 bridgehead atoms. The summed E-state index contributed by atoms with van der Waals surface area (Å²) in [6.45, 7) is 1.03. The van der Waals surface area contributed by atoms with E-state index in [-0.39, 0.29) is 5.56 Å². The summed E-state index contributed by atoms with van der Waals surface area (Å²) in [5.41, 5.74) is 8.12. The minimum absolute atomic E-state index is 0.198. The highest BCUT2D eigenvalue weighted by atomic mass is 16.6. The zero-order valence-electron chi connectivity index (χ0n) is 10.6. The third-order valence-corrected chi connectivity index (χ3v) is 3.15. The van der Waals surface area contributed by atoms with Crippen LogP contribution in [-0.2, 0) is 0 Å². The van der Waals surface area contributed by atoms with Gasteiger partial charge >= 0.3 is 5.97 Å². The van der Waals surface area contributed by atoms with Crippen molar-refractivity contribution in [2.75, 3.05) is 18.9 Å². The van der Waals surface area contributed by atoms with Crippen LogP contribution in [0.25, 0.3) is 11.1 Å². The molecule has 0 radical (unpaired) electrons. The summed E-state index contributed by atoms with van der Waals surface area (Å²) in [7, 11) is 0. The molecule has 2 aromatic rings. The second-order valence-corrected chi connectivity index (χ2v) is 4.47. The molecule has 5 nitrogen and oxygen atoms in total. The van der Waals surface area contributed by atoms with Crippen molar-refractivity contribution in [1.29, 1.82) is 0 Å². The van der Waals surface area contributed by atoms with Crippen LogP contribution >= 0.6 is 0 Å². The SMILES string of the molecule is Nc1ccc(C(=O)O)cc1-c1ccc2c(c1)OCCO2. The molecule has 0 saturated heterocycles. The van der Waals surface area contributed by atoms with Crippen molar-refractivity contribution < 1.29 is 19.4 Å². The Morgan fingerprint density at radius 3 is 2.55 bits per heavy atom. The Labute approximate surface area is 115 Å². The van der Waals surface area contributed by atoms with Gasteiger partial charge in [-0.15, -0.1) is 0 Å². The van der Waals surface area contributed by atoms with Gasteiger partial charge in [-0.25, -0.2) is 4.79 Å². The molecule has 20 heavy (non-hydrogen) atoms. The highest BCUT2D eigenvalue weighted by Crippen LogP contribution is 2.36. The van der Waals surface area contributed by atoms with Crippen molar-refractivity contribution in [1.82, 2.24) is 0 Å². The van der Waals surface area contributed by atoms with Crippen LogP contribution in [0.1, 0.15) is 10.4 Å². The van der Waals surface area contributed by atoms with Crippen LogP contribution in [0, 0.1) is 0 Å². The first-order valence-electron chi connectivity index (χ1n) is 6.18. The fraction of sp³-hybridized carbons (Fsp3) is 0.133. The van der Waals surface area contributed by atoms with Crippen molar-refractivity contribution in [2.45, 2.75) is 0 Å². The Kier molecular flexibility index (Phi) is 2.95. The molecule has 3 N–H and O–H groups in total. The predicted octanol–water partition coefficient (Wildman–Crippen LogP) is 2.41. The summed E-state index contributed by atoms with van der Waals surface area (Å²) >= 11 is 0. The van der Waals surface area contributed by atoms with Gasteiger partial charge in [0, 0.05) is 11.3 Å². The van der Waals surface area contributed by atoms with Crippen LogP contribution in [0.5, 0.6) is 11.5 Å². The maximum Gasteiger partial charge on any atom is 0.335 e. The monoisotopic (exact) mass is 271 g/mol. The molecule has 0 spiro atoms. The van der Waals surface area contributed by atoms with Crippen LogP contribution in [0.4, 0.5) is 5.69 Å². The number of fused-ring (bicyclic) bond motifs is 1. The van der Waals surface area contributed by atoms with Gasteiger partial charge in [0.05, 0.1) is 5.56 Å². The summed E-state index contributed by atoms with van der Waals surface area (Å²) in [5.74, 6) is 0.352. The number of anilines is 1. The third-order valence-electron chi connectivity index (χ3n) is 3.15. The normalized spacial score (nSPS) is 13.0. The molecule has 0 atom stereocenters. The summed E-state index contributed by atoms with van der Waals surface area (Å²) in [6.07, 6.45) is 0. The van der Waals surface area contributed by atoms with E-state index in [1.807, 2.05) is 12.1 Å². The summed E-state index contributed by atoms with van der Waals surface area (Å²) in [6, 6.07) is 10.1. The van der Waals surface area contributed by atoms with E-state index in [4.69, 9.17) is 20.3 Å². The molecular formula is C15H13NO4. The lowest BCUT2D eigenvalue weighted by atomic mass is 10.0. The molecule has 0 aromatic heterocycles. The number of rotatable bonds is 2. The Morgan fingerprint density at radius 2 is 1.80 bits per heavy atom. The molecule has 5 heteroatoms. The van der Waals surface area contributed by atoms with Crippen LogP contribution in [0.15, 0.2) is 36.4 Å². The average molecular weight is 271 g/mol. The number of hydrogen-bond acceptors (Lipinski definition) is 4. The third kappa shape index (κ3) is 2.14. The van der Waals surface area contributed by atoms with Gasteiger partial charge in [0.25, 0.3) is 0 Å². The number of ether oxygens (including phenoxy) is 2. The molecular weight excluding hydrogens is 258 g/mol. The van der Waals surface area contributed by atoms with E-state index >= 15 is 0 Å². The number of carboxylic acids is 1. The molecule has 102 valence electrons. The molecule has 1 aliphatic heterocycles. The summed E-state index contributed by atoms with van der Waals surface area (Å²) in [4.78, 5) is 11.0. The first-order chi connectivity index (χ1) is 9.65. The molecule has 0 fully saturated rings. The zero-order valence-corrected chi connectivity index (χ0v) is 10.6. The maximum absolute atomic E-state index is 11.0. The molecule has 1 heterocycles. The van der Waals surface area contributed by atoms with E-state index in [0.29, 0.717) is 36.0 Å². The minimum Gasteiger partial charge on any atom is -0.486 e. The minimum atomic E-state index is -0.983. The van der Waals surface area contributed by atoms with Crippen LogP contribution in [-0.4, -0.2) is 24.3 Å². The molecule has 3 rings (SSSR count). The van der Waals surface area contributed by atoms with E-state index in [0.717, 1.165) is 5.56 Å². The number of aromatic carboxylic acids is 1. The van der Waals surface area contributed by atoms with Gasteiger partial charge in [-0.1, -0.05) is 6.07 Å². The van der Waals surface area contributed by atoms with Crippen molar-refractivity contribution in [2.24, 2.45) is 0 Å². The first kappa shape index (κ1) is 12.3. The average Bonchev–Trinajstić information content (AvgIpc) is 2.47. The topological polar surface area (TPSA) is 81.8 Å². The lowest BCUT2D eigenvalue weighted by Gasteiger charge is -2.19. The standard InChI is InChI=1S/C15H13NO4/c16-12-3-1-10(15(17)18)7-11(12)9-2-4-13-14(8-9)20-6-5-19-13/h1-4,7-8H,5-6,16H2,(H,17,18). The molecule has 0 unspecified atom stereocenters. The van der Waals surface area contributed by atoms with Gasteiger partial charge in [0.1, 0.15) is 13.2 Å². The largest absolute Gasteiger partial charge is 0.486 e. The lowest BCUT2D eigenvalue weighted by molar-refractivity contribution is 0.0697. The van der Waals surface area contributed by atoms with E-state index in [2.05, 4.69) is 0 Å². The molecule has 0 saturated carbocycles. The van der Waals surface area contributed by atoms with E-state index in [1.54, 1.807) is 18.2 Å². The summed E-state index contributed by atoms with van der Waals surface area (Å²) < 4.78 is 11.0. The quantitative estimate of drug-likeness (QED) is 0.820. The van der Waals surface area contributed by atoms with Gasteiger partial charge in [0.2, 0.25) is 0 Å². The van der Waals surface area contributed by atoms with Crippen molar-refractivity contribution in [3.63, 3.8) is 0 Å². The molecule has 1 aliphatic rings. The van der Waals surface area contributed by atoms with E-state index < -0.39 is 5.97 Å². The van der Waals surface area contributed by atoms with Gasteiger partial charge in [-0.2, -0.15) is 0 Å². The zero-order chi connectivity index (χ0) is 14.1. The number of hydrogen-bond donors (Lipinski definition) is 2. The molecule has 2 aromatic carbocycles. The maximum atomic E-state index is 11.0. The predicted molar refractivity (Wildman–Crippen MR) is 74.2 cm³/mol. The van der Waals surface area contributed by atoms with E-state index in [1.165, 1.54) is 6.07 Å². The van der Waals surface area contributed by atoms with Gasteiger partial charge in [-0.05, 0) is 35.9 Å². The smallest absolute Gasteiger partial charge is 0.335 e. The fourth-order valence-corrected chi connectivity index (χ4v) is 2.15. The molecule has 0 aliphatic carbocycles. The van der Waals surface area contributed by atoms with E-state index in [9.17, 15) is 4.79 Å². The fourth-order valence-electron chi connectivity index (χ4n) is 2.15. The van der Waals surface area contributed by atoms with Gasteiger partial charge < -0.3 is 20.3 Å². The van der Waals surface area contributed by atoms with Gasteiger partial charge in [-0.3, -0.25) is 0 Å². The second kappa shape index (κ2) is 4.77. The Bertz CT molecular complexity index is 682.